The summed E-state index contributed by atoms with van der Waals surface area (Å²) in [5.41, 5.74) is -0.265. The molecule has 0 bridgehead atoms. The Kier molecular flexibility index (Phi) is 6.01. The summed E-state index contributed by atoms with van der Waals surface area (Å²) >= 11 is 0. The van der Waals surface area contributed by atoms with Crippen LogP contribution in [0.1, 0.15) is 27.2 Å². The minimum Gasteiger partial charge on any atom is -0.462 e. The normalized spacial score (nSPS) is 10.7. The van der Waals surface area contributed by atoms with Crippen LogP contribution in [0.4, 0.5) is 0 Å². The molecule has 0 aliphatic carbocycles. The molecule has 0 aromatic heterocycles. The van der Waals surface area contributed by atoms with E-state index in [1.807, 2.05) is 6.92 Å². The highest BCUT2D eigenvalue weighted by molar-refractivity contribution is 6.16. The third-order valence-corrected chi connectivity index (χ3v) is 1.38. The molecule has 0 saturated heterocycles. The lowest BCUT2D eigenvalue weighted by molar-refractivity contribution is -0.140. The fourth-order valence-corrected chi connectivity index (χ4v) is 0.689. The molecule has 15 heavy (non-hydrogen) atoms. The van der Waals surface area contributed by atoms with Crippen molar-refractivity contribution in [2.24, 2.45) is 0 Å². The lowest BCUT2D eigenvalue weighted by Gasteiger charge is -2.03. The van der Waals surface area contributed by atoms with Gasteiger partial charge in [0.25, 0.3) is 0 Å². The van der Waals surface area contributed by atoms with Gasteiger partial charge in [0.1, 0.15) is 11.8 Å². The monoisotopic (exact) mass is 214 g/mol. The molecule has 0 aromatic carbocycles. The van der Waals surface area contributed by atoms with E-state index < -0.39 is 17.7 Å². The van der Waals surface area contributed by atoms with Crippen LogP contribution in [0.2, 0.25) is 0 Å². The van der Waals surface area contributed by atoms with Crippen molar-refractivity contribution in [3.05, 3.63) is 11.8 Å². The highest BCUT2D eigenvalue weighted by Crippen LogP contribution is 2.01. The number of carbonyl (C=O) groups excluding carboxylic acids is 3. The standard InChI is InChI=1S/C10H14O5/c1-4-5-14-10(13)9(7(2)11)6-15-8(3)12/h6H,4-5H2,1-3H3. The first-order valence-corrected chi connectivity index (χ1v) is 4.54. The maximum atomic E-state index is 11.3. The van der Waals surface area contributed by atoms with E-state index in [-0.39, 0.29) is 12.2 Å². The molecular formula is C10H14O5. The summed E-state index contributed by atoms with van der Waals surface area (Å²) in [4.78, 5) is 32.7. The molecule has 0 heterocycles. The molecular weight excluding hydrogens is 200 g/mol. The van der Waals surface area contributed by atoms with E-state index in [9.17, 15) is 14.4 Å². The molecule has 0 amide bonds. The van der Waals surface area contributed by atoms with Crippen molar-refractivity contribution in [1.29, 1.82) is 0 Å². The van der Waals surface area contributed by atoms with Crippen LogP contribution in [0.5, 0.6) is 0 Å². The van der Waals surface area contributed by atoms with Crippen LogP contribution < -0.4 is 0 Å². The average Bonchev–Trinajstić information content (AvgIpc) is 2.13. The fourth-order valence-electron chi connectivity index (χ4n) is 0.689. The van der Waals surface area contributed by atoms with Gasteiger partial charge in [-0.1, -0.05) is 6.92 Å². The first kappa shape index (κ1) is 13.4. The Morgan fingerprint density at radius 2 is 1.80 bits per heavy atom. The summed E-state index contributed by atoms with van der Waals surface area (Å²) in [6.45, 7) is 4.42. The minimum absolute atomic E-state index is 0.226. The molecule has 0 saturated carbocycles. The maximum absolute atomic E-state index is 11.3. The Morgan fingerprint density at radius 1 is 1.20 bits per heavy atom. The Bertz CT molecular complexity index is 290. The van der Waals surface area contributed by atoms with Crippen molar-refractivity contribution in [2.45, 2.75) is 27.2 Å². The Labute approximate surface area is 88.0 Å². The van der Waals surface area contributed by atoms with Gasteiger partial charge in [0.2, 0.25) is 0 Å². The number of Topliss-reactive ketones (excluding diaryl/α,β-unsaturated/α-hetero) is 1. The highest BCUT2D eigenvalue weighted by atomic mass is 16.5. The largest absolute Gasteiger partial charge is 0.462 e. The zero-order valence-corrected chi connectivity index (χ0v) is 9.03. The van der Waals surface area contributed by atoms with Crippen molar-refractivity contribution in [2.75, 3.05) is 6.61 Å². The van der Waals surface area contributed by atoms with Crippen molar-refractivity contribution in [3.63, 3.8) is 0 Å². The van der Waals surface area contributed by atoms with Crippen LogP contribution in [0, 0.1) is 0 Å². The molecule has 0 atom stereocenters. The van der Waals surface area contributed by atoms with Gasteiger partial charge in [-0.15, -0.1) is 0 Å². The number of ether oxygens (including phenoxy) is 2. The molecule has 0 spiro atoms. The van der Waals surface area contributed by atoms with Crippen LogP contribution in [0.25, 0.3) is 0 Å². The zero-order valence-electron chi connectivity index (χ0n) is 9.03. The first-order valence-electron chi connectivity index (χ1n) is 4.54. The summed E-state index contributed by atoms with van der Waals surface area (Å²) in [6.07, 6.45) is 1.48. The van der Waals surface area contributed by atoms with Crippen LogP contribution in [-0.2, 0) is 23.9 Å². The lowest BCUT2D eigenvalue weighted by atomic mass is 10.2. The van der Waals surface area contributed by atoms with Crippen molar-refractivity contribution in [3.8, 4) is 0 Å². The van der Waals surface area contributed by atoms with Crippen molar-refractivity contribution in [1.82, 2.24) is 0 Å². The summed E-state index contributed by atoms with van der Waals surface area (Å²) in [5, 5.41) is 0. The fraction of sp³-hybridized carbons (Fsp3) is 0.500. The van der Waals surface area contributed by atoms with E-state index in [0.29, 0.717) is 6.42 Å². The third-order valence-electron chi connectivity index (χ3n) is 1.38. The summed E-state index contributed by atoms with van der Waals surface area (Å²) < 4.78 is 9.17. The number of hydrogen-bond acceptors (Lipinski definition) is 5. The maximum Gasteiger partial charge on any atom is 0.344 e. The zero-order chi connectivity index (χ0) is 11.8. The second-order valence-corrected chi connectivity index (χ2v) is 2.83. The second-order valence-electron chi connectivity index (χ2n) is 2.83. The van der Waals surface area contributed by atoms with E-state index in [2.05, 4.69) is 4.74 Å². The highest BCUT2D eigenvalue weighted by Gasteiger charge is 2.16. The molecule has 0 aliphatic rings. The quantitative estimate of drug-likeness (QED) is 0.224. The van der Waals surface area contributed by atoms with E-state index in [1.54, 1.807) is 0 Å². The van der Waals surface area contributed by atoms with Crippen LogP contribution in [0.15, 0.2) is 11.8 Å². The Hall–Kier alpha value is -1.65. The smallest absolute Gasteiger partial charge is 0.344 e. The molecule has 0 fully saturated rings. The molecule has 5 nitrogen and oxygen atoms in total. The lowest BCUT2D eigenvalue weighted by Crippen LogP contribution is -2.15. The molecule has 0 N–H and O–H groups in total. The predicted octanol–water partition coefficient (Wildman–Crippen LogP) is 0.976. The van der Waals surface area contributed by atoms with Gasteiger partial charge in [-0.05, 0) is 13.3 Å². The minimum atomic E-state index is -0.773. The van der Waals surface area contributed by atoms with E-state index >= 15 is 0 Å². The first-order chi connectivity index (χ1) is 6.99. The third kappa shape index (κ3) is 5.61. The van der Waals surface area contributed by atoms with Crippen LogP contribution in [-0.4, -0.2) is 24.3 Å². The molecule has 0 aromatic rings. The van der Waals surface area contributed by atoms with Gasteiger partial charge in [0.15, 0.2) is 5.78 Å². The average molecular weight is 214 g/mol. The molecule has 0 rings (SSSR count). The van der Waals surface area contributed by atoms with Gasteiger partial charge < -0.3 is 9.47 Å². The number of rotatable bonds is 5. The van der Waals surface area contributed by atoms with Gasteiger partial charge >= 0.3 is 11.9 Å². The van der Waals surface area contributed by atoms with Gasteiger partial charge in [0, 0.05) is 6.92 Å². The van der Waals surface area contributed by atoms with Crippen LogP contribution >= 0.6 is 0 Å². The molecule has 0 unspecified atom stereocenters. The molecule has 0 aliphatic heterocycles. The SMILES string of the molecule is CCCOC(=O)C(=COC(C)=O)C(C)=O. The van der Waals surface area contributed by atoms with Crippen molar-refractivity contribution >= 4 is 17.7 Å². The molecule has 0 radical (unpaired) electrons. The summed E-state index contributed by atoms with van der Waals surface area (Å²) in [7, 11) is 0. The van der Waals surface area contributed by atoms with Gasteiger partial charge in [-0.2, -0.15) is 0 Å². The van der Waals surface area contributed by atoms with Gasteiger partial charge in [-0.25, -0.2) is 4.79 Å². The van der Waals surface area contributed by atoms with Crippen molar-refractivity contribution < 1.29 is 23.9 Å². The molecule has 84 valence electrons. The van der Waals surface area contributed by atoms with Gasteiger partial charge in [-0.3, -0.25) is 9.59 Å². The van der Waals surface area contributed by atoms with Crippen LogP contribution in [0.3, 0.4) is 0 Å². The van der Waals surface area contributed by atoms with E-state index in [0.717, 1.165) is 6.26 Å². The predicted molar refractivity (Wildman–Crippen MR) is 51.8 cm³/mol. The van der Waals surface area contributed by atoms with E-state index in [4.69, 9.17) is 4.74 Å². The van der Waals surface area contributed by atoms with Gasteiger partial charge in [0.05, 0.1) is 6.61 Å². The summed E-state index contributed by atoms with van der Waals surface area (Å²) in [5.74, 6) is -1.88. The number of esters is 2. The Balaban J connectivity index is 4.51. The second kappa shape index (κ2) is 6.75. The molecule has 5 heteroatoms. The number of ketones is 1. The van der Waals surface area contributed by atoms with E-state index in [1.165, 1.54) is 13.8 Å². The summed E-state index contributed by atoms with van der Waals surface area (Å²) in [6, 6.07) is 0. The number of carbonyl (C=O) groups is 3. The number of hydrogen-bond donors (Lipinski definition) is 0. The Morgan fingerprint density at radius 3 is 2.20 bits per heavy atom. The topological polar surface area (TPSA) is 69.7 Å².